The Morgan fingerprint density at radius 2 is 1.86 bits per heavy atom. The molecule has 2 N–H and O–H groups in total. The van der Waals surface area contributed by atoms with Gasteiger partial charge in [-0.25, -0.2) is 0 Å². The fourth-order valence-corrected chi connectivity index (χ4v) is 4.44. The molecule has 2 aliphatic heterocycles. The summed E-state index contributed by atoms with van der Waals surface area (Å²) in [6.07, 6.45) is 1.72. The van der Waals surface area contributed by atoms with Crippen molar-refractivity contribution in [3.8, 4) is 0 Å². The van der Waals surface area contributed by atoms with Gasteiger partial charge < -0.3 is 10.2 Å². The molecular formula is C17H21NO4. The Hall–Kier alpha value is -1.72. The molecule has 4 atom stereocenters. The topological polar surface area (TPSA) is 77.8 Å². The quantitative estimate of drug-likeness (QED) is 0.654. The van der Waals surface area contributed by atoms with E-state index in [4.69, 9.17) is 0 Å². The Labute approximate surface area is 129 Å². The lowest BCUT2D eigenvalue weighted by atomic mass is 9.60. The lowest BCUT2D eigenvalue weighted by Crippen LogP contribution is -2.69. The smallest absolute Gasteiger partial charge is 0.322 e. The molecule has 0 aromatic heterocycles. The second-order valence-corrected chi connectivity index (χ2v) is 6.70. The molecular weight excluding hydrogens is 282 g/mol. The van der Waals surface area contributed by atoms with Gasteiger partial charge in [0.1, 0.15) is 0 Å². The van der Waals surface area contributed by atoms with Crippen LogP contribution < -0.4 is 0 Å². The predicted octanol–water partition coefficient (Wildman–Crippen LogP) is 1.56. The molecule has 2 heterocycles. The molecule has 0 unspecified atom stereocenters. The first-order valence-electron chi connectivity index (χ1n) is 7.60. The average molecular weight is 303 g/mol. The van der Waals surface area contributed by atoms with E-state index in [-0.39, 0.29) is 6.04 Å². The van der Waals surface area contributed by atoms with Crippen molar-refractivity contribution >= 4 is 11.8 Å². The first kappa shape index (κ1) is 15.2. The van der Waals surface area contributed by atoms with Crippen LogP contribution in [0.1, 0.15) is 36.5 Å². The fourth-order valence-electron chi connectivity index (χ4n) is 4.44. The third-order valence-corrected chi connectivity index (χ3v) is 5.55. The second kappa shape index (κ2) is 4.89. The van der Waals surface area contributed by atoms with Crippen molar-refractivity contribution in [3.63, 3.8) is 0 Å². The van der Waals surface area contributed by atoms with Gasteiger partial charge in [-0.2, -0.15) is 0 Å². The number of carboxylic acids is 1. The number of hydrogen-bond acceptors (Lipinski definition) is 4. The highest BCUT2D eigenvalue weighted by Gasteiger charge is 2.69. The van der Waals surface area contributed by atoms with Crippen LogP contribution in [0.2, 0.25) is 0 Å². The zero-order valence-electron chi connectivity index (χ0n) is 12.8. The number of aliphatic carboxylic acids is 1. The normalized spacial score (nSPS) is 38.0. The maximum Gasteiger partial charge on any atom is 0.322 e. The van der Waals surface area contributed by atoms with Crippen molar-refractivity contribution in [2.75, 3.05) is 7.05 Å². The van der Waals surface area contributed by atoms with E-state index >= 15 is 0 Å². The molecule has 3 rings (SSSR count). The molecule has 2 bridgehead atoms. The van der Waals surface area contributed by atoms with Crippen molar-refractivity contribution in [1.82, 2.24) is 4.90 Å². The van der Waals surface area contributed by atoms with E-state index in [9.17, 15) is 19.8 Å². The minimum Gasteiger partial charge on any atom is -0.480 e. The summed E-state index contributed by atoms with van der Waals surface area (Å²) >= 11 is 0. The van der Waals surface area contributed by atoms with Gasteiger partial charge in [-0.05, 0) is 33.2 Å². The van der Waals surface area contributed by atoms with Crippen LogP contribution in [0.15, 0.2) is 30.3 Å². The molecule has 0 amide bonds. The van der Waals surface area contributed by atoms with Crippen LogP contribution in [0, 0.1) is 5.41 Å². The number of piperidine rings is 1. The summed E-state index contributed by atoms with van der Waals surface area (Å²) in [4.78, 5) is 27.3. The number of ketones is 1. The van der Waals surface area contributed by atoms with E-state index in [1.54, 1.807) is 30.3 Å². The van der Waals surface area contributed by atoms with E-state index in [2.05, 4.69) is 0 Å². The van der Waals surface area contributed by atoms with Gasteiger partial charge in [-0.3, -0.25) is 14.5 Å². The number of carbonyl (C=O) groups is 2. The zero-order chi connectivity index (χ0) is 16.1. The fraction of sp³-hybridized carbons (Fsp3) is 0.529. The molecule has 0 saturated carbocycles. The standard InChI is InChI=1S/C17H21NO4/c1-16(22)10-12-8-9-13(18(12)2)17(16,15(20)21)14(19)11-6-4-3-5-7-11/h3-7,12-13,22H,8-10H2,1-2H3,(H,20,21)/t12-,13+,16-,17+/m0/s1. The van der Waals surface area contributed by atoms with Gasteiger partial charge in [0.2, 0.25) is 0 Å². The minimum absolute atomic E-state index is 0.135. The zero-order valence-corrected chi connectivity index (χ0v) is 12.8. The first-order valence-corrected chi connectivity index (χ1v) is 7.60. The summed E-state index contributed by atoms with van der Waals surface area (Å²) in [5.41, 5.74) is -3.05. The molecule has 0 radical (unpaired) electrons. The van der Waals surface area contributed by atoms with E-state index in [1.807, 2.05) is 11.9 Å². The number of rotatable bonds is 3. The monoisotopic (exact) mass is 303 g/mol. The Morgan fingerprint density at radius 3 is 2.45 bits per heavy atom. The number of carboxylic acid groups (broad SMARTS) is 1. The highest BCUT2D eigenvalue weighted by Crippen LogP contribution is 2.53. The van der Waals surface area contributed by atoms with Crippen molar-refractivity contribution in [2.24, 2.45) is 5.41 Å². The molecule has 5 nitrogen and oxygen atoms in total. The molecule has 2 fully saturated rings. The van der Waals surface area contributed by atoms with Crippen LogP contribution in [0.25, 0.3) is 0 Å². The first-order chi connectivity index (χ1) is 10.3. The van der Waals surface area contributed by atoms with Crippen molar-refractivity contribution in [1.29, 1.82) is 0 Å². The van der Waals surface area contributed by atoms with Crippen LogP contribution >= 0.6 is 0 Å². The lowest BCUT2D eigenvalue weighted by molar-refractivity contribution is -0.178. The number of benzene rings is 1. The van der Waals surface area contributed by atoms with E-state index in [1.165, 1.54) is 6.92 Å². The molecule has 22 heavy (non-hydrogen) atoms. The molecule has 1 aromatic rings. The summed E-state index contributed by atoms with van der Waals surface area (Å²) in [5.74, 6) is -1.73. The maximum absolute atomic E-state index is 13.1. The summed E-state index contributed by atoms with van der Waals surface area (Å²) in [7, 11) is 1.85. The number of fused-ring (bicyclic) bond motifs is 2. The maximum atomic E-state index is 13.1. The molecule has 2 saturated heterocycles. The Balaban J connectivity index is 2.19. The van der Waals surface area contributed by atoms with E-state index in [0.29, 0.717) is 18.4 Å². The Kier molecular flexibility index (Phi) is 3.38. The number of hydrogen-bond donors (Lipinski definition) is 2. The van der Waals surface area contributed by atoms with Crippen LogP contribution in [-0.4, -0.2) is 51.6 Å². The summed E-state index contributed by atoms with van der Waals surface area (Å²) in [6, 6.07) is 8.08. The van der Waals surface area contributed by atoms with Gasteiger partial charge >= 0.3 is 5.97 Å². The number of carbonyl (C=O) groups excluding carboxylic acids is 1. The van der Waals surface area contributed by atoms with Gasteiger partial charge in [-0.1, -0.05) is 30.3 Å². The van der Waals surface area contributed by atoms with E-state index in [0.717, 1.165) is 6.42 Å². The van der Waals surface area contributed by atoms with Gasteiger partial charge in [0.05, 0.1) is 5.60 Å². The Morgan fingerprint density at radius 1 is 1.23 bits per heavy atom. The van der Waals surface area contributed by atoms with E-state index < -0.39 is 28.8 Å². The van der Waals surface area contributed by atoms with Crippen LogP contribution in [0.5, 0.6) is 0 Å². The molecule has 1 aromatic carbocycles. The summed E-state index contributed by atoms with van der Waals surface area (Å²) in [5, 5.41) is 20.9. The SMILES string of the molecule is CN1[C@H]2CC[C@@H]1[C@](C(=O)O)(C(=O)c1ccccc1)[C@@](C)(O)C2. The van der Waals surface area contributed by atoms with Gasteiger partial charge in [-0.15, -0.1) is 0 Å². The highest BCUT2D eigenvalue weighted by atomic mass is 16.4. The summed E-state index contributed by atoms with van der Waals surface area (Å²) < 4.78 is 0. The second-order valence-electron chi connectivity index (χ2n) is 6.70. The summed E-state index contributed by atoms with van der Waals surface area (Å²) in [6.45, 7) is 1.50. The molecule has 5 heteroatoms. The molecule has 118 valence electrons. The Bertz CT molecular complexity index is 612. The molecule has 0 aliphatic carbocycles. The van der Waals surface area contributed by atoms with Gasteiger partial charge in [0, 0.05) is 17.6 Å². The number of Topliss-reactive ketones (excluding diaryl/α,β-unsaturated/α-hetero) is 1. The predicted molar refractivity (Wildman–Crippen MR) is 80.7 cm³/mol. The van der Waals surface area contributed by atoms with Crippen LogP contribution in [-0.2, 0) is 4.79 Å². The lowest BCUT2D eigenvalue weighted by Gasteiger charge is -2.52. The third kappa shape index (κ3) is 1.79. The minimum atomic E-state index is -1.82. The number of nitrogens with zero attached hydrogens (tertiary/aromatic N) is 1. The molecule has 2 aliphatic rings. The largest absolute Gasteiger partial charge is 0.480 e. The third-order valence-electron chi connectivity index (χ3n) is 5.55. The highest BCUT2D eigenvalue weighted by molar-refractivity contribution is 6.14. The molecule has 0 spiro atoms. The van der Waals surface area contributed by atoms with Crippen molar-refractivity contribution in [2.45, 2.75) is 43.9 Å². The number of aliphatic hydroxyl groups is 1. The van der Waals surface area contributed by atoms with Crippen LogP contribution in [0.4, 0.5) is 0 Å². The average Bonchev–Trinajstić information content (AvgIpc) is 2.74. The van der Waals surface area contributed by atoms with Crippen LogP contribution in [0.3, 0.4) is 0 Å². The van der Waals surface area contributed by atoms with Gasteiger partial charge in [0.25, 0.3) is 0 Å². The van der Waals surface area contributed by atoms with Crippen molar-refractivity contribution in [3.05, 3.63) is 35.9 Å². The van der Waals surface area contributed by atoms with Gasteiger partial charge in [0.15, 0.2) is 11.2 Å². The van der Waals surface area contributed by atoms with Crippen molar-refractivity contribution < 1.29 is 19.8 Å².